The molecule has 61 heavy (non-hydrogen) atoms. The third-order valence-electron chi connectivity index (χ3n) is 11.4. The summed E-state index contributed by atoms with van der Waals surface area (Å²) >= 11 is 0. The van der Waals surface area contributed by atoms with Crippen molar-refractivity contribution in [2.24, 2.45) is 0 Å². The van der Waals surface area contributed by atoms with Crippen LogP contribution in [0.4, 0.5) is 19.2 Å². The quantitative estimate of drug-likeness (QED) is 0.214. The lowest BCUT2D eigenvalue weighted by Gasteiger charge is -2.30. The van der Waals surface area contributed by atoms with Crippen LogP contribution in [0, 0.1) is 0 Å². The molecule has 6 atom stereocenters. The second-order valence-electron chi connectivity index (χ2n) is 18.3. The molecule has 1 aromatic carbocycles. The fourth-order valence-electron chi connectivity index (χ4n) is 8.41. The Labute approximate surface area is 356 Å². The maximum Gasteiger partial charge on any atom is 0.410 e. The maximum atomic E-state index is 12.9. The molecule has 0 aromatic heterocycles. The summed E-state index contributed by atoms with van der Waals surface area (Å²) < 4.78 is 10.9. The number of fused-ring (bicyclic) bond motifs is 4. The third-order valence-corrected chi connectivity index (χ3v) is 11.4. The van der Waals surface area contributed by atoms with E-state index < -0.39 is 35.2 Å². The number of likely N-dealkylation sites (tertiary alicyclic amines) is 2. The second kappa shape index (κ2) is 19.4. The minimum absolute atomic E-state index is 0.0675. The predicted molar refractivity (Wildman–Crippen MR) is 215 cm³/mol. The summed E-state index contributed by atoms with van der Waals surface area (Å²) in [5.41, 5.74) is 4.72. The van der Waals surface area contributed by atoms with Gasteiger partial charge in [0, 0.05) is 26.2 Å². The van der Waals surface area contributed by atoms with Gasteiger partial charge in [0.1, 0.15) is 29.9 Å². The summed E-state index contributed by atoms with van der Waals surface area (Å²) in [6, 6.07) is 6.88. The van der Waals surface area contributed by atoms with E-state index in [9.17, 15) is 34.0 Å². The molecule has 2 unspecified atom stereocenters. The van der Waals surface area contributed by atoms with Crippen LogP contribution in [0.15, 0.2) is 30.3 Å². The van der Waals surface area contributed by atoms with E-state index in [1.165, 1.54) is 9.96 Å². The molecule has 8 amide bonds. The number of nitrogens with zero attached hydrogens (tertiary/aromatic N) is 6. The first kappa shape index (κ1) is 45.6. The number of rotatable bonds is 11. The monoisotopic (exact) mass is 858 g/mol. The van der Waals surface area contributed by atoms with Gasteiger partial charge in [-0.05, 0) is 98.5 Å². The van der Waals surface area contributed by atoms with Crippen LogP contribution >= 0.6 is 0 Å². The molecule has 6 aliphatic rings. The number of hydrogen-bond acceptors (Lipinski definition) is 12. The largest absolute Gasteiger partial charge is 0.444 e. The summed E-state index contributed by atoms with van der Waals surface area (Å²) in [6.45, 7) is 13.5. The fourth-order valence-corrected chi connectivity index (χ4v) is 8.41. The van der Waals surface area contributed by atoms with Gasteiger partial charge in [0.05, 0.1) is 37.4 Å². The third kappa shape index (κ3) is 11.5. The number of nitrogens with one attached hydrogen (secondary N) is 2. The molecule has 3 N–H and O–H groups in total. The molecular formula is C41H62N8O12. The summed E-state index contributed by atoms with van der Waals surface area (Å²) in [7, 11) is 0. The van der Waals surface area contributed by atoms with Crippen molar-refractivity contribution in [1.82, 2.24) is 40.7 Å². The zero-order valence-electron chi connectivity index (χ0n) is 36.1. The van der Waals surface area contributed by atoms with E-state index >= 15 is 0 Å². The van der Waals surface area contributed by atoms with Gasteiger partial charge in [-0.15, -0.1) is 0 Å². The van der Waals surface area contributed by atoms with Crippen LogP contribution in [-0.2, 0) is 40.2 Å². The lowest BCUT2D eigenvalue weighted by atomic mass is 10.0. The number of hydrogen-bond donors (Lipinski definition) is 3. The molecule has 20 nitrogen and oxygen atoms in total. The number of ether oxygens (including phenoxy) is 2. The standard InChI is InChI=1S/C24H34N4O6.C17H28N4O6/c1-24(2,3)34-23(31)26-13-7-10-19(26)16-32-25-21(29)20-12-11-18-14-27(20)22(30)28(18)33-15-17-8-5-4-6-9-17;1-17(2,3)27-16(24)19-8-4-5-12(19)10-26-18-14(22)13-7-6-11-9-20(13)15(23)21(11)25/h4-6,8-9,18-20H,7,10-16H2,1-3H3,(H,25,29);11-13,25H,4-10H2,1-3H3,(H,18,22)/t18-,19?,20+;11-,12?,13+/m11/s1. The number of benzene rings is 1. The minimum Gasteiger partial charge on any atom is -0.444 e. The molecule has 6 fully saturated rings. The Morgan fingerprint density at radius 1 is 0.672 bits per heavy atom. The van der Waals surface area contributed by atoms with Crippen LogP contribution in [0.2, 0.25) is 0 Å². The molecule has 6 saturated heterocycles. The first-order chi connectivity index (χ1) is 28.9. The van der Waals surface area contributed by atoms with Gasteiger partial charge >= 0.3 is 24.2 Å². The number of piperidine rings is 2. The Kier molecular flexibility index (Phi) is 14.5. The molecule has 1 aromatic rings. The molecule has 7 rings (SSSR count). The number of carbonyl (C=O) groups is 6. The normalized spacial score (nSPS) is 26.0. The number of hydroxylamine groups is 6. The van der Waals surface area contributed by atoms with Crippen molar-refractivity contribution in [3.05, 3.63) is 35.9 Å². The highest BCUT2D eigenvalue weighted by molar-refractivity contribution is 5.88. The number of urea groups is 2. The van der Waals surface area contributed by atoms with Crippen molar-refractivity contribution in [1.29, 1.82) is 0 Å². The van der Waals surface area contributed by atoms with E-state index in [0.29, 0.717) is 63.5 Å². The van der Waals surface area contributed by atoms with Crippen molar-refractivity contribution in [2.75, 3.05) is 39.4 Å². The Bertz CT molecular complexity index is 1740. The summed E-state index contributed by atoms with van der Waals surface area (Å²) in [6.07, 6.45) is 4.72. The highest BCUT2D eigenvalue weighted by atomic mass is 16.7. The van der Waals surface area contributed by atoms with Gasteiger partial charge in [-0.25, -0.2) is 35.2 Å². The molecule has 4 bridgehead atoms. The van der Waals surface area contributed by atoms with E-state index in [1.54, 1.807) is 14.7 Å². The van der Waals surface area contributed by atoms with Crippen molar-refractivity contribution in [3.8, 4) is 0 Å². The first-order valence-corrected chi connectivity index (χ1v) is 21.3. The van der Waals surface area contributed by atoms with E-state index in [2.05, 4.69) is 11.0 Å². The van der Waals surface area contributed by atoms with E-state index in [1.807, 2.05) is 71.9 Å². The number of amides is 8. The fraction of sp³-hybridized carbons (Fsp3) is 0.707. The lowest BCUT2D eigenvalue weighted by molar-refractivity contribution is -0.141. The van der Waals surface area contributed by atoms with Gasteiger partial charge in [-0.2, -0.15) is 5.06 Å². The molecule has 6 aliphatic heterocycles. The predicted octanol–water partition coefficient (Wildman–Crippen LogP) is 3.93. The van der Waals surface area contributed by atoms with Gasteiger partial charge in [0.2, 0.25) is 0 Å². The van der Waals surface area contributed by atoms with Crippen molar-refractivity contribution in [3.63, 3.8) is 0 Å². The van der Waals surface area contributed by atoms with Crippen LogP contribution < -0.4 is 11.0 Å². The van der Waals surface area contributed by atoms with Crippen LogP contribution in [0.5, 0.6) is 0 Å². The van der Waals surface area contributed by atoms with Gasteiger partial charge in [0.15, 0.2) is 0 Å². The van der Waals surface area contributed by atoms with Gasteiger partial charge < -0.3 is 29.1 Å². The first-order valence-electron chi connectivity index (χ1n) is 21.3. The molecule has 6 heterocycles. The molecular weight excluding hydrogens is 796 g/mol. The Morgan fingerprint density at radius 3 is 1.66 bits per heavy atom. The van der Waals surface area contributed by atoms with E-state index in [0.717, 1.165) is 31.2 Å². The molecule has 0 radical (unpaired) electrons. The van der Waals surface area contributed by atoms with Crippen molar-refractivity contribution < 1.29 is 58.0 Å². The van der Waals surface area contributed by atoms with Gasteiger partial charge in [-0.1, -0.05) is 30.3 Å². The minimum atomic E-state index is -0.656. The molecule has 0 spiro atoms. The Morgan fingerprint density at radius 2 is 1.15 bits per heavy atom. The van der Waals surface area contributed by atoms with E-state index in [4.69, 9.17) is 24.0 Å². The highest BCUT2D eigenvalue weighted by Crippen LogP contribution is 2.31. The van der Waals surface area contributed by atoms with Crippen LogP contribution in [0.3, 0.4) is 0 Å². The topological polar surface area (TPSA) is 212 Å². The molecule has 0 saturated carbocycles. The summed E-state index contributed by atoms with van der Waals surface area (Å²) in [4.78, 5) is 97.5. The second-order valence-corrected chi connectivity index (χ2v) is 18.3. The lowest BCUT2D eigenvalue weighted by Crippen LogP contribution is -2.50. The SMILES string of the molecule is CC(C)(C)OC(=O)N1CCCC1CONC(=O)[C@@H]1CC[C@@H]2CN1C(=O)N2O.CC(C)(C)OC(=O)N1CCCC1CONC(=O)[C@@H]1CC[C@@H]2CN1C(=O)N2OCc1ccccc1. The van der Waals surface area contributed by atoms with Crippen molar-refractivity contribution in [2.45, 2.75) is 147 Å². The average Bonchev–Trinajstić information content (AvgIpc) is 3.98. The van der Waals surface area contributed by atoms with Crippen LogP contribution in [0.1, 0.15) is 98.5 Å². The van der Waals surface area contributed by atoms with E-state index in [-0.39, 0.29) is 61.5 Å². The van der Waals surface area contributed by atoms with Crippen LogP contribution in [-0.4, -0.2) is 158 Å². The van der Waals surface area contributed by atoms with Gasteiger partial charge in [-0.3, -0.25) is 29.3 Å². The smallest absolute Gasteiger partial charge is 0.410 e. The molecule has 338 valence electrons. The van der Waals surface area contributed by atoms with Crippen LogP contribution in [0.25, 0.3) is 0 Å². The summed E-state index contributed by atoms with van der Waals surface area (Å²) in [5.74, 6) is -0.780. The highest BCUT2D eigenvalue weighted by Gasteiger charge is 2.49. The van der Waals surface area contributed by atoms with Crippen molar-refractivity contribution >= 4 is 36.1 Å². The maximum absolute atomic E-state index is 12.9. The number of carbonyl (C=O) groups excluding carboxylic acids is 6. The molecule has 20 heteroatoms. The van der Waals surface area contributed by atoms with Gasteiger partial charge in [0.25, 0.3) is 11.8 Å². The Balaban J connectivity index is 0.000000210. The zero-order valence-corrected chi connectivity index (χ0v) is 36.1. The summed E-state index contributed by atoms with van der Waals surface area (Å²) in [5, 5.41) is 11.8. The average molecular weight is 859 g/mol. The zero-order chi connectivity index (χ0) is 44.1. The molecule has 0 aliphatic carbocycles. The Hall–Kier alpha value is -4.92.